The molecule has 0 fully saturated rings. The molecule has 0 bridgehead atoms. The number of nitrogens with zero attached hydrogens (tertiary/aromatic N) is 2. The molecule has 2 heteroatoms. The fraction of sp³-hybridized carbons (Fsp3) is 0.0357. The first-order valence-corrected chi connectivity index (χ1v) is 20.1. The van der Waals surface area contributed by atoms with E-state index in [2.05, 4.69) is 194 Å². The molecule has 0 amide bonds. The Kier molecular flexibility index (Phi) is 8.33. The van der Waals surface area contributed by atoms with Gasteiger partial charge in [0.1, 0.15) is 0 Å². The Balaban J connectivity index is 1.09. The van der Waals surface area contributed by atoms with Crippen LogP contribution in [0.15, 0.2) is 206 Å². The standard InChI is InChI=1S/C56H38N2/c1-3-15-38(16-4-1)54-34-44(35-55(57-54)39-17-5-2-6-18-39)37-27-29-40(30-28-37)56-52-36-50-45(33-51(52)49-25-13-14-26-53(49)58-56)32-43-21-8-11-23-47(43)46-22-10-7-19-41(46)31-42-20-9-12-24-48(42)50/h1-30,33-36H,31-32H2. The molecule has 272 valence electrons. The van der Waals surface area contributed by atoms with Crippen molar-refractivity contribution in [2.24, 2.45) is 0 Å². The summed E-state index contributed by atoms with van der Waals surface area (Å²) in [7, 11) is 0. The summed E-state index contributed by atoms with van der Waals surface area (Å²) < 4.78 is 0. The van der Waals surface area contributed by atoms with Gasteiger partial charge in [-0.2, -0.15) is 0 Å². The minimum atomic E-state index is 0.826. The van der Waals surface area contributed by atoms with Crippen LogP contribution < -0.4 is 0 Å². The highest BCUT2D eigenvalue weighted by Crippen LogP contribution is 2.42. The lowest BCUT2D eigenvalue weighted by Gasteiger charge is -2.22. The number of hydrogen-bond acceptors (Lipinski definition) is 2. The van der Waals surface area contributed by atoms with Crippen LogP contribution in [0.3, 0.4) is 0 Å². The van der Waals surface area contributed by atoms with Crippen molar-refractivity contribution in [2.75, 3.05) is 0 Å². The van der Waals surface area contributed by atoms with E-state index in [1.807, 2.05) is 12.1 Å². The summed E-state index contributed by atoms with van der Waals surface area (Å²) in [6.45, 7) is 0. The highest BCUT2D eigenvalue weighted by Gasteiger charge is 2.21. The van der Waals surface area contributed by atoms with E-state index in [4.69, 9.17) is 9.97 Å². The maximum absolute atomic E-state index is 5.42. The van der Waals surface area contributed by atoms with Crippen molar-refractivity contribution in [1.82, 2.24) is 9.97 Å². The van der Waals surface area contributed by atoms with E-state index < -0.39 is 0 Å². The molecular formula is C56H38N2. The number of benzene rings is 8. The molecule has 0 saturated heterocycles. The molecule has 0 aliphatic heterocycles. The summed E-state index contributed by atoms with van der Waals surface area (Å²) in [5, 5.41) is 3.56. The SMILES string of the molecule is c1ccc(-c2cc(-c3ccc(-c4nc5ccccc5c5cc6c(cc45)-c4ccccc4Cc4ccccc4-c4ccccc4C6)cc3)cc(-c3ccccc3)n2)cc1. The number of para-hydroxylation sites is 1. The van der Waals surface area contributed by atoms with Gasteiger partial charge in [-0.15, -0.1) is 0 Å². The third kappa shape index (κ3) is 6.07. The molecule has 10 aromatic rings. The third-order valence-electron chi connectivity index (χ3n) is 11.8. The van der Waals surface area contributed by atoms with Crippen molar-refractivity contribution in [1.29, 1.82) is 0 Å². The Morgan fingerprint density at radius 3 is 1.36 bits per heavy atom. The van der Waals surface area contributed by atoms with Gasteiger partial charge < -0.3 is 0 Å². The zero-order chi connectivity index (χ0) is 38.4. The molecule has 11 rings (SSSR count). The molecule has 0 N–H and O–H groups in total. The normalized spacial score (nSPS) is 12.0. The lowest BCUT2D eigenvalue weighted by atomic mass is 9.82. The smallest absolute Gasteiger partial charge is 0.0788 e. The molecule has 0 unspecified atom stereocenters. The van der Waals surface area contributed by atoms with E-state index in [1.165, 1.54) is 55.3 Å². The molecule has 1 aliphatic carbocycles. The zero-order valence-electron chi connectivity index (χ0n) is 31.9. The largest absolute Gasteiger partial charge is 0.248 e. The highest BCUT2D eigenvalue weighted by atomic mass is 14.7. The monoisotopic (exact) mass is 738 g/mol. The summed E-state index contributed by atoms with van der Waals surface area (Å²) in [6, 6.07) is 74.6. The average molecular weight is 739 g/mol. The second-order valence-electron chi connectivity index (χ2n) is 15.3. The van der Waals surface area contributed by atoms with Crippen molar-refractivity contribution in [2.45, 2.75) is 12.8 Å². The molecule has 0 radical (unpaired) electrons. The summed E-state index contributed by atoms with van der Waals surface area (Å²) in [5.74, 6) is 0. The molecule has 0 saturated carbocycles. The van der Waals surface area contributed by atoms with Crippen LogP contribution >= 0.6 is 0 Å². The maximum Gasteiger partial charge on any atom is 0.0788 e. The van der Waals surface area contributed by atoms with Gasteiger partial charge in [0, 0.05) is 27.5 Å². The fourth-order valence-corrected chi connectivity index (χ4v) is 8.91. The summed E-state index contributed by atoms with van der Waals surface area (Å²) in [6.07, 6.45) is 1.68. The van der Waals surface area contributed by atoms with Crippen LogP contribution in [0.4, 0.5) is 0 Å². The Bertz CT molecular complexity index is 3090. The molecule has 2 aromatic heterocycles. The first-order chi connectivity index (χ1) is 28.7. The van der Waals surface area contributed by atoms with Gasteiger partial charge in [0.15, 0.2) is 0 Å². The van der Waals surface area contributed by atoms with Gasteiger partial charge in [-0.05, 0) is 104 Å². The molecule has 1 aliphatic rings. The van der Waals surface area contributed by atoms with Gasteiger partial charge in [0.2, 0.25) is 0 Å². The van der Waals surface area contributed by atoms with Crippen LogP contribution in [0.5, 0.6) is 0 Å². The number of hydrogen-bond donors (Lipinski definition) is 0. The van der Waals surface area contributed by atoms with Crippen LogP contribution in [-0.2, 0) is 12.8 Å². The second-order valence-corrected chi connectivity index (χ2v) is 15.3. The number of rotatable bonds is 4. The molecule has 0 spiro atoms. The van der Waals surface area contributed by atoms with Crippen molar-refractivity contribution in [3.05, 3.63) is 229 Å². The van der Waals surface area contributed by atoms with Crippen LogP contribution in [-0.4, -0.2) is 9.97 Å². The van der Waals surface area contributed by atoms with Crippen molar-refractivity contribution in [3.63, 3.8) is 0 Å². The lowest BCUT2D eigenvalue weighted by molar-refractivity contribution is 1.15. The molecule has 2 heterocycles. The second kappa shape index (κ2) is 14.3. The fourth-order valence-electron chi connectivity index (χ4n) is 8.91. The Labute approximate surface area is 338 Å². The predicted octanol–water partition coefficient (Wildman–Crippen LogP) is 14.3. The van der Waals surface area contributed by atoms with Crippen LogP contribution in [0, 0.1) is 0 Å². The van der Waals surface area contributed by atoms with Crippen LogP contribution in [0.1, 0.15) is 22.3 Å². The molecular weight excluding hydrogens is 701 g/mol. The van der Waals surface area contributed by atoms with Gasteiger partial charge in [0.05, 0.1) is 22.6 Å². The molecule has 58 heavy (non-hydrogen) atoms. The number of aromatic nitrogens is 2. The molecule has 0 atom stereocenters. The Hall–Kier alpha value is -7.42. The van der Waals surface area contributed by atoms with Crippen molar-refractivity contribution < 1.29 is 0 Å². The predicted molar refractivity (Wildman–Crippen MR) is 242 cm³/mol. The van der Waals surface area contributed by atoms with Crippen LogP contribution in [0.25, 0.3) is 88.8 Å². The summed E-state index contributed by atoms with van der Waals surface area (Å²) in [5.41, 5.74) is 20.0. The quantitative estimate of drug-likeness (QED) is 0.168. The molecule has 2 nitrogen and oxygen atoms in total. The first-order valence-electron chi connectivity index (χ1n) is 20.1. The minimum absolute atomic E-state index is 0.826. The molecule has 8 aromatic carbocycles. The van der Waals surface area contributed by atoms with E-state index in [0.29, 0.717) is 0 Å². The third-order valence-corrected chi connectivity index (χ3v) is 11.8. The topological polar surface area (TPSA) is 25.8 Å². The minimum Gasteiger partial charge on any atom is -0.248 e. The van der Waals surface area contributed by atoms with E-state index >= 15 is 0 Å². The van der Waals surface area contributed by atoms with E-state index in [1.54, 1.807) is 0 Å². The van der Waals surface area contributed by atoms with Gasteiger partial charge in [0.25, 0.3) is 0 Å². The van der Waals surface area contributed by atoms with Gasteiger partial charge >= 0.3 is 0 Å². The first kappa shape index (κ1) is 33.9. The maximum atomic E-state index is 5.42. The lowest BCUT2D eigenvalue weighted by Crippen LogP contribution is -2.03. The van der Waals surface area contributed by atoms with Gasteiger partial charge in [-0.1, -0.05) is 176 Å². The number of fused-ring (bicyclic) bond motifs is 9. The Morgan fingerprint density at radius 2 is 0.759 bits per heavy atom. The van der Waals surface area contributed by atoms with E-state index in [-0.39, 0.29) is 0 Å². The number of pyridine rings is 2. The summed E-state index contributed by atoms with van der Waals surface area (Å²) >= 11 is 0. The van der Waals surface area contributed by atoms with E-state index in [0.717, 1.165) is 68.6 Å². The average Bonchev–Trinajstić information content (AvgIpc) is 3.29. The van der Waals surface area contributed by atoms with Crippen molar-refractivity contribution in [3.8, 4) is 67.2 Å². The van der Waals surface area contributed by atoms with Crippen LogP contribution in [0.2, 0.25) is 0 Å². The van der Waals surface area contributed by atoms with Gasteiger partial charge in [-0.25, -0.2) is 9.97 Å². The summed E-state index contributed by atoms with van der Waals surface area (Å²) in [4.78, 5) is 10.5. The van der Waals surface area contributed by atoms with Gasteiger partial charge in [-0.3, -0.25) is 0 Å². The van der Waals surface area contributed by atoms with E-state index in [9.17, 15) is 0 Å². The highest BCUT2D eigenvalue weighted by molar-refractivity contribution is 6.12. The zero-order valence-corrected chi connectivity index (χ0v) is 31.9. The van der Waals surface area contributed by atoms with Crippen molar-refractivity contribution >= 4 is 21.7 Å². The Morgan fingerprint density at radius 1 is 0.276 bits per heavy atom.